The monoisotopic (exact) mass is 367 g/mol. The van der Waals surface area contributed by atoms with Gasteiger partial charge in [0, 0.05) is 24.3 Å². The van der Waals surface area contributed by atoms with Crippen LogP contribution in [0.3, 0.4) is 0 Å². The normalized spacial score (nSPS) is 14.1. The van der Waals surface area contributed by atoms with Gasteiger partial charge in [-0.15, -0.1) is 0 Å². The van der Waals surface area contributed by atoms with Crippen LogP contribution in [0.4, 0.5) is 10.5 Å². The lowest BCUT2D eigenvalue weighted by atomic mass is 10.1. The molecule has 0 bridgehead atoms. The molecule has 142 valence electrons. The summed E-state index contributed by atoms with van der Waals surface area (Å²) in [6.45, 7) is 4.72. The number of hydrogen-bond donors (Lipinski definition) is 1. The number of urea groups is 1. The smallest absolute Gasteiger partial charge is 0.324 e. The molecule has 1 aliphatic rings. The summed E-state index contributed by atoms with van der Waals surface area (Å²) in [6.07, 6.45) is 0. The number of aryl methyl sites for hydroxylation is 1. The van der Waals surface area contributed by atoms with Crippen molar-refractivity contribution in [3.8, 4) is 0 Å². The van der Waals surface area contributed by atoms with Gasteiger partial charge < -0.3 is 15.4 Å². The average Bonchev–Trinajstić information content (AvgIpc) is 2.72. The van der Waals surface area contributed by atoms with E-state index in [0.717, 1.165) is 16.8 Å². The highest BCUT2D eigenvalue weighted by molar-refractivity contribution is 5.97. The maximum absolute atomic E-state index is 13.2. The van der Waals surface area contributed by atoms with Gasteiger partial charge in [-0.3, -0.25) is 9.69 Å². The zero-order chi connectivity index (χ0) is 19.2. The molecule has 3 rings (SSSR count). The van der Waals surface area contributed by atoms with E-state index in [1.54, 1.807) is 17.0 Å². The molecule has 1 aliphatic heterocycles. The fourth-order valence-corrected chi connectivity index (χ4v) is 3.09. The van der Waals surface area contributed by atoms with Crippen molar-refractivity contribution in [1.29, 1.82) is 0 Å². The number of rotatable bonds is 5. The summed E-state index contributed by atoms with van der Waals surface area (Å²) in [5, 5.41) is 0. The molecule has 6 nitrogen and oxygen atoms in total. The molecule has 6 heteroatoms. The van der Waals surface area contributed by atoms with Crippen molar-refractivity contribution in [2.45, 2.75) is 13.5 Å². The Morgan fingerprint density at radius 2 is 1.81 bits per heavy atom. The van der Waals surface area contributed by atoms with Crippen LogP contribution in [0, 0.1) is 6.92 Å². The van der Waals surface area contributed by atoms with E-state index < -0.39 is 0 Å². The maximum Gasteiger partial charge on any atom is 0.324 e. The molecule has 2 N–H and O–H groups in total. The molecule has 0 aliphatic carbocycles. The minimum atomic E-state index is -0.0958. The van der Waals surface area contributed by atoms with E-state index >= 15 is 0 Å². The van der Waals surface area contributed by atoms with Crippen molar-refractivity contribution in [3.05, 3.63) is 65.2 Å². The molecule has 1 saturated heterocycles. The van der Waals surface area contributed by atoms with Crippen LogP contribution in [0.15, 0.2) is 48.5 Å². The van der Waals surface area contributed by atoms with Gasteiger partial charge in [0.15, 0.2) is 5.78 Å². The topological polar surface area (TPSA) is 75.9 Å². The van der Waals surface area contributed by atoms with Crippen LogP contribution < -0.4 is 10.6 Å². The van der Waals surface area contributed by atoms with Crippen LogP contribution in [0.1, 0.15) is 21.5 Å². The van der Waals surface area contributed by atoms with Crippen LogP contribution in [0.25, 0.3) is 0 Å². The number of morpholine rings is 1. The minimum Gasteiger partial charge on any atom is -0.378 e. The van der Waals surface area contributed by atoms with E-state index in [1.807, 2.05) is 48.2 Å². The van der Waals surface area contributed by atoms with Gasteiger partial charge in [0.05, 0.1) is 26.3 Å². The van der Waals surface area contributed by atoms with Gasteiger partial charge in [0.1, 0.15) is 0 Å². The molecular formula is C21H25N3O3. The lowest BCUT2D eigenvalue weighted by Gasteiger charge is -2.33. The first-order chi connectivity index (χ1) is 13.1. The highest BCUT2D eigenvalue weighted by Gasteiger charge is 2.24. The second-order valence-corrected chi connectivity index (χ2v) is 6.63. The summed E-state index contributed by atoms with van der Waals surface area (Å²) < 4.78 is 5.36. The van der Waals surface area contributed by atoms with Crippen LogP contribution in [0.5, 0.6) is 0 Å². The fraction of sp³-hybridized carbons (Fsp3) is 0.333. The van der Waals surface area contributed by atoms with E-state index in [9.17, 15) is 9.59 Å². The Hall–Kier alpha value is -2.70. The number of hydrogen-bond acceptors (Lipinski definition) is 4. The largest absolute Gasteiger partial charge is 0.378 e. The first kappa shape index (κ1) is 19.1. The average molecular weight is 367 g/mol. The summed E-state index contributed by atoms with van der Waals surface area (Å²) in [4.78, 5) is 28.5. The number of Topliss-reactive ketones (excluding diaryl/α,β-unsaturated/α-hetero) is 1. The highest BCUT2D eigenvalue weighted by Crippen LogP contribution is 2.21. The van der Waals surface area contributed by atoms with E-state index in [2.05, 4.69) is 0 Å². The molecule has 1 heterocycles. The Balaban J connectivity index is 1.85. The Kier molecular flexibility index (Phi) is 6.21. The van der Waals surface area contributed by atoms with E-state index in [4.69, 9.17) is 10.5 Å². The Morgan fingerprint density at radius 1 is 1.11 bits per heavy atom. The molecule has 0 unspecified atom stereocenters. The number of amides is 2. The fourth-order valence-electron chi connectivity index (χ4n) is 3.09. The standard InChI is InChI=1S/C21H25N3O3/c1-16-3-2-4-19(13-16)24(21(26)23-9-11-27-12-10-23)15-17-5-7-18(8-6-17)20(25)14-22/h2-8,13H,9-12,14-15,22H2,1H3. The number of nitrogens with two attached hydrogens (primary N) is 1. The summed E-state index contributed by atoms with van der Waals surface area (Å²) in [7, 11) is 0. The molecule has 0 aromatic heterocycles. The van der Waals surface area contributed by atoms with Crippen molar-refractivity contribution >= 4 is 17.5 Å². The molecule has 2 amide bonds. The number of carbonyl (C=O) groups excluding carboxylic acids is 2. The lowest BCUT2D eigenvalue weighted by molar-refractivity contribution is 0.0548. The van der Waals surface area contributed by atoms with Crippen LogP contribution >= 0.6 is 0 Å². The van der Waals surface area contributed by atoms with Gasteiger partial charge in [-0.05, 0) is 30.2 Å². The predicted octanol–water partition coefficient (Wildman–Crippen LogP) is 2.60. The summed E-state index contributed by atoms with van der Waals surface area (Å²) >= 11 is 0. The van der Waals surface area contributed by atoms with Gasteiger partial charge >= 0.3 is 6.03 Å². The maximum atomic E-state index is 13.2. The number of ketones is 1. The third-order valence-electron chi connectivity index (χ3n) is 4.63. The number of benzene rings is 2. The van der Waals surface area contributed by atoms with Gasteiger partial charge in [0.25, 0.3) is 0 Å². The van der Waals surface area contributed by atoms with Gasteiger partial charge in [-0.2, -0.15) is 0 Å². The summed E-state index contributed by atoms with van der Waals surface area (Å²) in [6, 6.07) is 15.1. The van der Waals surface area contributed by atoms with Crippen molar-refractivity contribution in [1.82, 2.24) is 4.90 Å². The third kappa shape index (κ3) is 4.72. The van der Waals surface area contributed by atoms with Crippen molar-refractivity contribution in [2.75, 3.05) is 37.7 Å². The van der Waals surface area contributed by atoms with E-state index in [0.29, 0.717) is 38.4 Å². The van der Waals surface area contributed by atoms with Crippen LogP contribution in [-0.2, 0) is 11.3 Å². The SMILES string of the molecule is Cc1cccc(N(Cc2ccc(C(=O)CN)cc2)C(=O)N2CCOCC2)c1. The molecule has 0 radical (unpaired) electrons. The second kappa shape index (κ2) is 8.79. The number of carbonyl (C=O) groups is 2. The Labute approximate surface area is 159 Å². The first-order valence-corrected chi connectivity index (χ1v) is 9.11. The number of nitrogens with zero attached hydrogens (tertiary/aromatic N) is 2. The highest BCUT2D eigenvalue weighted by atomic mass is 16.5. The van der Waals surface area contributed by atoms with Crippen LogP contribution in [0.2, 0.25) is 0 Å². The summed E-state index contributed by atoms with van der Waals surface area (Å²) in [5.41, 5.74) is 8.90. The van der Waals surface area contributed by atoms with E-state index in [-0.39, 0.29) is 18.4 Å². The molecule has 2 aromatic rings. The second-order valence-electron chi connectivity index (χ2n) is 6.63. The zero-order valence-electron chi connectivity index (χ0n) is 15.6. The molecule has 0 atom stereocenters. The Bertz CT molecular complexity index is 799. The molecular weight excluding hydrogens is 342 g/mol. The lowest BCUT2D eigenvalue weighted by Crippen LogP contribution is -2.48. The first-order valence-electron chi connectivity index (χ1n) is 9.11. The molecule has 27 heavy (non-hydrogen) atoms. The van der Waals surface area contributed by atoms with Crippen LogP contribution in [-0.4, -0.2) is 49.6 Å². The molecule has 0 saturated carbocycles. The molecule has 1 fully saturated rings. The molecule has 2 aromatic carbocycles. The van der Waals surface area contributed by atoms with E-state index in [1.165, 1.54) is 0 Å². The van der Waals surface area contributed by atoms with Crippen molar-refractivity contribution in [2.24, 2.45) is 5.73 Å². The number of anilines is 1. The quantitative estimate of drug-likeness (QED) is 0.824. The van der Waals surface area contributed by atoms with Gasteiger partial charge in [-0.1, -0.05) is 36.4 Å². The molecule has 0 spiro atoms. The third-order valence-corrected chi connectivity index (χ3v) is 4.63. The zero-order valence-corrected chi connectivity index (χ0v) is 15.6. The Morgan fingerprint density at radius 3 is 2.44 bits per heavy atom. The van der Waals surface area contributed by atoms with Gasteiger partial charge in [0.2, 0.25) is 0 Å². The minimum absolute atomic E-state index is 0.00964. The predicted molar refractivity (Wildman–Crippen MR) is 105 cm³/mol. The van der Waals surface area contributed by atoms with Gasteiger partial charge in [-0.25, -0.2) is 4.79 Å². The van der Waals surface area contributed by atoms with Crippen molar-refractivity contribution < 1.29 is 14.3 Å². The summed E-state index contributed by atoms with van der Waals surface area (Å²) in [5.74, 6) is -0.0958. The number of ether oxygens (including phenoxy) is 1. The van der Waals surface area contributed by atoms with Crippen molar-refractivity contribution in [3.63, 3.8) is 0 Å².